The van der Waals surface area contributed by atoms with Crippen LogP contribution in [-0.2, 0) is 26.0 Å². The number of rotatable bonds is 12. The maximum Gasteiger partial charge on any atom is 0.324 e. The fourth-order valence-electron chi connectivity index (χ4n) is 3.68. The Morgan fingerprint density at radius 3 is 2.20 bits per heavy atom. The zero-order valence-electron chi connectivity index (χ0n) is 24.5. The van der Waals surface area contributed by atoms with Gasteiger partial charge in [0.1, 0.15) is 6.04 Å². The summed E-state index contributed by atoms with van der Waals surface area (Å²) in [6.45, 7) is 11.0. The molecule has 220 valence electrons. The van der Waals surface area contributed by atoms with Gasteiger partial charge >= 0.3 is 5.97 Å². The summed E-state index contributed by atoms with van der Waals surface area (Å²) in [5.74, 6) is -0.889. The van der Waals surface area contributed by atoms with Gasteiger partial charge in [0.15, 0.2) is 0 Å². The molecule has 1 amide bonds. The van der Waals surface area contributed by atoms with Crippen molar-refractivity contribution in [2.75, 3.05) is 18.5 Å². The predicted molar refractivity (Wildman–Crippen MR) is 165 cm³/mol. The second kappa shape index (κ2) is 17.1. The van der Waals surface area contributed by atoms with Crippen molar-refractivity contribution < 1.29 is 22.7 Å². The Hall–Kier alpha value is -3.82. The van der Waals surface area contributed by atoms with Gasteiger partial charge in [-0.3, -0.25) is 14.6 Å². The smallest absolute Gasteiger partial charge is 0.324 e. The van der Waals surface area contributed by atoms with Crippen LogP contribution in [0.4, 0.5) is 5.69 Å². The number of esters is 1. The van der Waals surface area contributed by atoms with Crippen LogP contribution in [0.3, 0.4) is 0 Å². The molecule has 0 fully saturated rings. The molecule has 3 aromatic carbocycles. The minimum atomic E-state index is -3.91. The molecule has 0 heterocycles. The van der Waals surface area contributed by atoms with Crippen molar-refractivity contribution in [3.63, 3.8) is 0 Å². The van der Waals surface area contributed by atoms with Crippen LogP contribution in [0, 0.1) is 6.92 Å². The van der Waals surface area contributed by atoms with Gasteiger partial charge in [-0.05, 0) is 82.5 Å². The maximum atomic E-state index is 12.7. The summed E-state index contributed by atoms with van der Waals surface area (Å²) in [6, 6.07) is 20.9. The lowest BCUT2D eigenvalue weighted by Gasteiger charge is -2.18. The molecular formula is C32H41N3O5S. The monoisotopic (exact) mass is 579 g/mol. The molecule has 1 atom stereocenters. The third-order valence-corrected chi connectivity index (χ3v) is 7.28. The third-order valence-electron chi connectivity index (χ3n) is 5.79. The number of nitrogens with one attached hydrogen (secondary N) is 2. The molecule has 0 bridgehead atoms. The molecule has 0 aromatic heterocycles. The molecule has 0 saturated heterocycles. The lowest BCUT2D eigenvalue weighted by atomic mass is 10.1. The normalized spacial score (nSPS) is 11.4. The number of ether oxygens (including phenoxy) is 1. The highest BCUT2D eigenvalue weighted by Crippen LogP contribution is 2.16. The van der Waals surface area contributed by atoms with E-state index in [0.29, 0.717) is 16.8 Å². The average molecular weight is 580 g/mol. The number of carbonyl (C=O) groups is 2. The Labute approximate surface area is 244 Å². The number of aryl methyl sites for hydroxylation is 1. The molecule has 3 rings (SSSR count). The molecule has 1 unspecified atom stereocenters. The summed E-state index contributed by atoms with van der Waals surface area (Å²) < 4.78 is 32.9. The predicted octanol–water partition coefficient (Wildman–Crippen LogP) is 5.97. The Bertz CT molecular complexity index is 1380. The number of hydrogen-bond donors (Lipinski definition) is 2. The molecule has 9 heteroatoms. The Morgan fingerprint density at radius 1 is 0.927 bits per heavy atom. The first kappa shape index (κ1) is 33.4. The zero-order valence-corrected chi connectivity index (χ0v) is 25.3. The van der Waals surface area contributed by atoms with E-state index in [9.17, 15) is 18.0 Å². The summed E-state index contributed by atoms with van der Waals surface area (Å²) in [6.07, 6.45) is 2.57. The van der Waals surface area contributed by atoms with Crippen LogP contribution >= 0.6 is 0 Å². The van der Waals surface area contributed by atoms with E-state index in [2.05, 4.69) is 22.0 Å². The molecule has 3 aromatic rings. The minimum Gasteiger partial charge on any atom is -0.465 e. The number of unbranched alkanes of at least 4 members (excludes halogenated alkanes) is 1. The molecule has 0 saturated carbocycles. The minimum absolute atomic E-state index is 0.0634. The largest absolute Gasteiger partial charge is 0.465 e. The summed E-state index contributed by atoms with van der Waals surface area (Å²) in [5.41, 5.74) is 4.02. The van der Waals surface area contributed by atoms with E-state index in [-0.39, 0.29) is 23.8 Å². The molecule has 2 N–H and O–H groups in total. The van der Waals surface area contributed by atoms with Gasteiger partial charge in [-0.15, -0.1) is 0 Å². The van der Waals surface area contributed by atoms with E-state index in [1.807, 2.05) is 32.9 Å². The molecule has 0 aliphatic rings. The van der Waals surface area contributed by atoms with Gasteiger partial charge in [0.25, 0.3) is 5.91 Å². The average Bonchev–Trinajstić information content (AvgIpc) is 2.94. The van der Waals surface area contributed by atoms with Gasteiger partial charge in [-0.25, -0.2) is 8.42 Å². The van der Waals surface area contributed by atoms with E-state index < -0.39 is 22.0 Å². The number of aliphatic imine (C=N–C) groups is 1. The number of nitrogens with zero attached hydrogens (tertiary/aromatic N) is 1. The number of hydrogen-bond acceptors (Lipinski definition) is 6. The van der Waals surface area contributed by atoms with Gasteiger partial charge in [-0.1, -0.05) is 61.4 Å². The lowest BCUT2D eigenvalue weighted by molar-refractivity contribution is -0.145. The number of amides is 1. The van der Waals surface area contributed by atoms with Crippen molar-refractivity contribution in [1.82, 2.24) is 4.72 Å². The number of sulfonamides is 1. The van der Waals surface area contributed by atoms with Crippen LogP contribution in [0.5, 0.6) is 0 Å². The van der Waals surface area contributed by atoms with Crippen molar-refractivity contribution in [3.05, 3.63) is 95.6 Å². The summed E-state index contributed by atoms with van der Waals surface area (Å²) in [7, 11) is -3.91. The van der Waals surface area contributed by atoms with Crippen molar-refractivity contribution in [3.8, 4) is 0 Å². The summed E-state index contributed by atoms with van der Waals surface area (Å²) in [5, 5.41) is 2.83. The topological polar surface area (TPSA) is 114 Å². The fourth-order valence-corrected chi connectivity index (χ4v) is 4.89. The van der Waals surface area contributed by atoms with Crippen LogP contribution in [0.2, 0.25) is 0 Å². The SMILES string of the molecule is CCCCN=C(C)C.CCOC(=O)C(Cc1ccc(NC(=O)c2cccc(C)c2)cc1)NS(=O)(=O)c1ccccc1. The highest BCUT2D eigenvalue weighted by atomic mass is 32.2. The van der Waals surface area contributed by atoms with E-state index in [0.717, 1.165) is 12.1 Å². The fraction of sp³-hybridized carbons (Fsp3) is 0.344. The molecule has 0 radical (unpaired) electrons. The van der Waals surface area contributed by atoms with Crippen LogP contribution in [0.1, 0.15) is 62.0 Å². The molecule has 0 aliphatic carbocycles. The molecule has 41 heavy (non-hydrogen) atoms. The van der Waals surface area contributed by atoms with Crippen molar-refractivity contribution in [2.45, 2.75) is 64.8 Å². The van der Waals surface area contributed by atoms with Gasteiger partial charge in [0, 0.05) is 23.5 Å². The molecule has 8 nitrogen and oxygen atoms in total. The standard InChI is InChI=1S/C25H26N2O5S.C7H15N/c1-3-32-25(29)23(27-33(30,31)22-10-5-4-6-11-22)17-19-12-14-21(15-13-19)26-24(28)20-9-7-8-18(2)16-20;1-4-5-6-8-7(2)3/h4-16,23,27H,3,17H2,1-2H3,(H,26,28);4-6H2,1-3H3. The zero-order chi connectivity index (χ0) is 30.3. The summed E-state index contributed by atoms with van der Waals surface area (Å²) in [4.78, 5) is 29.2. The Balaban J connectivity index is 0.000000642. The van der Waals surface area contributed by atoms with Gasteiger partial charge in [0.2, 0.25) is 10.0 Å². The first-order valence-electron chi connectivity index (χ1n) is 13.7. The van der Waals surface area contributed by atoms with Crippen LogP contribution in [-0.4, -0.2) is 45.2 Å². The van der Waals surface area contributed by atoms with Crippen molar-refractivity contribution in [1.29, 1.82) is 0 Å². The first-order valence-corrected chi connectivity index (χ1v) is 15.2. The van der Waals surface area contributed by atoms with Gasteiger partial charge < -0.3 is 10.1 Å². The van der Waals surface area contributed by atoms with E-state index in [4.69, 9.17) is 4.74 Å². The Morgan fingerprint density at radius 2 is 1.61 bits per heavy atom. The van der Waals surface area contributed by atoms with Gasteiger partial charge in [-0.2, -0.15) is 4.72 Å². The second-order valence-electron chi connectivity index (χ2n) is 9.65. The highest BCUT2D eigenvalue weighted by Gasteiger charge is 2.27. The van der Waals surface area contributed by atoms with Crippen LogP contribution < -0.4 is 10.0 Å². The van der Waals surface area contributed by atoms with Crippen LogP contribution in [0.15, 0.2) is 88.8 Å². The first-order chi connectivity index (χ1) is 19.6. The van der Waals surface area contributed by atoms with Crippen molar-refractivity contribution in [2.24, 2.45) is 4.99 Å². The van der Waals surface area contributed by atoms with E-state index in [1.54, 1.807) is 61.5 Å². The maximum absolute atomic E-state index is 12.7. The quantitative estimate of drug-likeness (QED) is 0.156. The third kappa shape index (κ3) is 12.1. The Kier molecular flexibility index (Phi) is 13.9. The van der Waals surface area contributed by atoms with E-state index in [1.165, 1.54) is 30.7 Å². The second-order valence-corrected chi connectivity index (χ2v) is 11.4. The van der Waals surface area contributed by atoms with E-state index >= 15 is 0 Å². The summed E-state index contributed by atoms with van der Waals surface area (Å²) >= 11 is 0. The van der Waals surface area contributed by atoms with Crippen molar-refractivity contribution >= 4 is 33.3 Å². The van der Waals surface area contributed by atoms with Gasteiger partial charge in [0.05, 0.1) is 11.5 Å². The number of carbonyl (C=O) groups excluding carboxylic acids is 2. The number of anilines is 1. The van der Waals surface area contributed by atoms with Crippen LogP contribution in [0.25, 0.3) is 0 Å². The molecular weight excluding hydrogens is 538 g/mol. The highest BCUT2D eigenvalue weighted by molar-refractivity contribution is 7.89. The number of benzene rings is 3. The molecule has 0 aliphatic heterocycles. The lowest BCUT2D eigenvalue weighted by Crippen LogP contribution is -2.43. The molecule has 0 spiro atoms.